The standard InChI is InChI=1S/C15H22F2O2/c1-3-4-5-8-11-15(16,17)14(18)12-9-6-7-10-13(12)19-2/h6-7,9-10,14,18H,3-5,8,11H2,1-2H3. The molecule has 1 N–H and O–H groups in total. The molecule has 108 valence electrons. The van der Waals surface area contributed by atoms with Crippen LogP contribution in [0, 0.1) is 0 Å². The van der Waals surface area contributed by atoms with Crippen molar-refractivity contribution in [3.05, 3.63) is 29.8 Å². The third-order valence-electron chi connectivity index (χ3n) is 3.20. The molecule has 1 unspecified atom stereocenters. The zero-order valence-corrected chi connectivity index (χ0v) is 11.5. The first-order valence-corrected chi connectivity index (χ1v) is 6.71. The smallest absolute Gasteiger partial charge is 0.277 e. The van der Waals surface area contributed by atoms with E-state index in [-0.39, 0.29) is 12.0 Å². The first kappa shape index (κ1) is 15.9. The minimum absolute atomic E-state index is 0.144. The molecule has 19 heavy (non-hydrogen) atoms. The molecule has 0 heterocycles. The first-order valence-electron chi connectivity index (χ1n) is 6.71. The van der Waals surface area contributed by atoms with Gasteiger partial charge in [0.05, 0.1) is 7.11 Å². The Bertz CT molecular complexity index is 380. The number of alkyl halides is 2. The summed E-state index contributed by atoms with van der Waals surface area (Å²) in [6.45, 7) is 2.03. The SMILES string of the molecule is CCCCCCC(F)(F)C(O)c1ccccc1OC. The van der Waals surface area contributed by atoms with Gasteiger partial charge in [0.2, 0.25) is 0 Å². The average Bonchev–Trinajstić information content (AvgIpc) is 2.42. The third kappa shape index (κ3) is 4.46. The molecule has 0 amide bonds. The lowest BCUT2D eigenvalue weighted by Crippen LogP contribution is -2.26. The predicted octanol–water partition coefficient (Wildman–Crippen LogP) is 4.33. The molecule has 0 aliphatic carbocycles. The van der Waals surface area contributed by atoms with Crippen molar-refractivity contribution >= 4 is 0 Å². The van der Waals surface area contributed by atoms with Crippen LogP contribution >= 0.6 is 0 Å². The summed E-state index contributed by atoms with van der Waals surface area (Å²) in [4.78, 5) is 0. The summed E-state index contributed by atoms with van der Waals surface area (Å²) in [6, 6.07) is 6.36. The highest BCUT2D eigenvalue weighted by Crippen LogP contribution is 2.39. The molecule has 0 spiro atoms. The monoisotopic (exact) mass is 272 g/mol. The number of halogens is 2. The summed E-state index contributed by atoms with van der Waals surface area (Å²) in [5, 5.41) is 9.89. The second kappa shape index (κ2) is 7.43. The fourth-order valence-electron chi connectivity index (χ4n) is 2.04. The van der Waals surface area contributed by atoms with E-state index in [0.717, 1.165) is 19.3 Å². The highest BCUT2D eigenvalue weighted by Gasteiger charge is 2.39. The minimum atomic E-state index is -3.12. The molecule has 0 saturated carbocycles. The maximum atomic E-state index is 13.9. The summed E-state index contributed by atoms with van der Waals surface area (Å²) in [6.07, 6.45) is 1.02. The van der Waals surface area contributed by atoms with Crippen LogP contribution in [0.4, 0.5) is 8.78 Å². The van der Waals surface area contributed by atoms with E-state index in [9.17, 15) is 13.9 Å². The van der Waals surface area contributed by atoms with Crippen molar-refractivity contribution < 1.29 is 18.6 Å². The summed E-state index contributed by atoms with van der Waals surface area (Å²) >= 11 is 0. The topological polar surface area (TPSA) is 29.5 Å². The maximum absolute atomic E-state index is 13.9. The van der Waals surface area contributed by atoms with Gasteiger partial charge in [-0.15, -0.1) is 0 Å². The van der Waals surface area contributed by atoms with E-state index < -0.39 is 12.0 Å². The summed E-state index contributed by atoms with van der Waals surface area (Å²) in [7, 11) is 1.41. The maximum Gasteiger partial charge on any atom is 0.277 e. The Labute approximate surface area is 113 Å². The van der Waals surface area contributed by atoms with Crippen molar-refractivity contribution in [2.45, 2.75) is 51.1 Å². The summed E-state index contributed by atoms with van der Waals surface area (Å²) < 4.78 is 32.9. The van der Waals surface area contributed by atoms with Gasteiger partial charge in [-0.25, -0.2) is 8.78 Å². The largest absolute Gasteiger partial charge is 0.496 e. The normalized spacial score (nSPS) is 13.3. The molecule has 0 saturated heterocycles. The van der Waals surface area contributed by atoms with E-state index in [1.165, 1.54) is 13.2 Å². The van der Waals surface area contributed by atoms with Crippen LogP contribution in [0.1, 0.15) is 50.7 Å². The van der Waals surface area contributed by atoms with Crippen molar-refractivity contribution in [2.24, 2.45) is 0 Å². The predicted molar refractivity (Wildman–Crippen MR) is 71.7 cm³/mol. The molecular formula is C15H22F2O2. The number of benzene rings is 1. The third-order valence-corrected chi connectivity index (χ3v) is 3.20. The van der Waals surface area contributed by atoms with Crippen LogP contribution in [0.2, 0.25) is 0 Å². The van der Waals surface area contributed by atoms with Crippen molar-refractivity contribution in [1.82, 2.24) is 0 Å². The van der Waals surface area contributed by atoms with Crippen LogP contribution in [0.25, 0.3) is 0 Å². The second-order valence-electron chi connectivity index (χ2n) is 4.72. The molecule has 0 aromatic heterocycles. The Balaban J connectivity index is 2.71. The van der Waals surface area contributed by atoms with Gasteiger partial charge in [-0.1, -0.05) is 44.4 Å². The fourth-order valence-corrected chi connectivity index (χ4v) is 2.04. The van der Waals surface area contributed by atoms with Gasteiger partial charge in [0.1, 0.15) is 11.9 Å². The quantitative estimate of drug-likeness (QED) is 0.713. The lowest BCUT2D eigenvalue weighted by Gasteiger charge is -2.24. The fraction of sp³-hybridized carbons (Fsp3) is 0.600. The van der Waals surface area contributed by atoms with Crippen LogP contribution in [-0.4, -0.2) is 18.1 Å². The van der Waals surface area contributed by atoms with E-state index in [1.54, 1.807) is 18.2 Å². The molecule has 0 radical (unpaired) electrons. The second-order valence-corrected chi connectivity index (χ2v) is 4.72. The summed E-state index contributed by atoms with van der Waals surface area (Å²) in [5.74, 6) is -2.83. The number of aliphatic hydroxyl groups excluding tert-OH is 1. The number of rotatable bonds is 8. The molecule has 1 rings (SSSR count). The Morgan fingerprint density at radius 3 is 2.53 bits per heavy atom. The van der Waals surface area contributed by atoms with Gasteiger partial charge in [-0.05, 0) is 12.5 Å². The van der Waals surface area contributed by atoms with E-state index in [2.05, 4.69) is 0 Å². The van der Waals surface area contributed by atoms with Gasteiger partial charge >= 0.3 is 0 Å². The molecule has 0 aliphatic heterocycles. The molecule has 2 nitrogen and oxygen atoms in total. The van der Waals surface area contributed by atoms with E-state index in [0.29, 0.717) is 12.2 Å². The molecule has 0 bridgehead atoms. The van der Waals surface area contributed by atoms with Gasteiger partial charge in [0.15, 0.2) is 0 Å². The molecule has 1 atom stereocenters. The van der Waals surface area contributed by atoms with E-state index in [1.807, 2.05) is 6.92 Å². The van der Waals surface area contributed by atoms with Crippen molar-refractivity contribution in [2.75, 3.05) is 7.11 Å². The van der Waals surface area contributed by atoms with Gasteiger partial charge < -0.3 is 9.84 Å². The molecular weight excluding hydrogens is 250 g/mol. The summed E-state index contributed by atoms with van der Waals surface area (Å²) in [5.41, 5.74) is 0.144. The Kier molecular flexibility index (Phi) is 6.22. The number of aliphatic hydroxyl groups is 1. The number of ether oxygens (including phenoxy) is 1. The van der Waals surface area contributed by atoms with Crippen LogP contribution in [-0.2, 0) is 0 Å². The number of methoxy groups -OCH3 is 1. The molecule has 4 heteroatoms. The van der Waals surface area contributed by atoms with Crippen LogP contribution in [0.3, 0.4) is 0 Å². The van der Waals surface area contributed by atoms with Gasteiger partial charge in [0.25, 0.3) is 5.92 Å². The highest BCUT2D eigenvalue weighted by atomic mass is 19.3. The van der Waals surface area contributed by atoms with E-state index >= 15 is 0 Å². The van der Waals surface area contributed by atoms with Crippen molar-refractivity contribution in [3.63, 3.8) is 0 Å². The van der Waals surface area contributed by atoms with Crippen LogP contribution in [0.5, 0.6) is 5.75 Å². The van der Waals surface area contributed by atoms with E-state index in [4.69, 9.17) is 4.74 Å². The Morgan fingerprint density at radius 2 is 1.89 bits per heavy atom. The number of hydrogen-bond acceptors (Lipinski definition) is 2. The number of hydrogen-bond donors (Lipinski definition) is 1. The molecule has 0 fully saturated rings. The lowest BCUT2D eigenvalue weighted by atomic mass is 9.97. The zero-order valence-electron chi connectivity index (χ0n) is 11.5. The molecule has 0 aliphatic rings. The van der Waals surface area contributed by atoms with Crippen molar-refractivity contribution in [3.8, 4) is 5.75 Å². The zero-order chi connectivity index (χ0) is 14.3. The van der Waals surface area contributed by atoms with Crippen LogP contribution in [0.15, 0.2) is 24.3 Å². The average molecular weight is 272 g/mol. The van der Waals surface area contributed by atoms with Gasteiger partial charge in [-0.3, -0.25) is 0 Å². The van der Waals surface area contributed by atoms with Crippen molar-refractivity contribution in [1.29, 1.82) is 0 Å². The Morgan fingerprint density at radius 1 is 1.21 bits per heavy atom. The number of unbranched alkanes of at least 4 members (excludes halogenated alkanes) is 3. The lowest BCUT2D eigenvalue weighted by molar-refractivity contribution is -0.117. The molecule has 1 aromatic carbocycles. The molecule has 1 aromatic rings. The van der Waals surface area contributed by atoms with Crippen LogP contribution < -0.4 is 4.74 Å². The minimum Gasteiger partial charge on any atom is -0.496 e. The first-order chi connectivity index (χ1) is 9.03. The van der Waals surface area contributed by atoms with Gasteiger partial charge in [-0.2, -0.15) is 0 Å². The Hall–Kier alpha value is -1.16. The highest BCUT2D eigenvalue weighted by molar-refractivity contribution is 5.36. The number of para-hydroxylation sites is 1. The van der Waals surface area contributed by atoms with Gasteiger partial charge in [0, 0.05) is 12.0 Å².